The molecule has 2 N–H and O–H groups in total. The molecule has 0 aromatic heterocycles. The Hall–Kier alpha value is -2.40. The number of piperidine rings is 1. The molecule has 4 nitrogen and oxygen atoms in total. The van der Waals surface area contributed by atoms with Crippen molar-refractivity contribution < 1.29 is 4.39 Å². The second kappa shape index (κ2) is 10.2. The Bertz CT molecular complexity index is 747. The zero-order valence-corrected chi connectivity index (χ0v) is 16.9. The number of rotatable bonds is 6. The molecule has 1 saturated heterocycles. The smallest absolute Gasteiger partial charge is 0.191 e. The Morgan fingerprint density at radius 3 is 2.32 bits per heavy atom. The number of nitrogens with one attached hydrogen (secondary N) is 2. The van der Waals surface area contributed by atoms with Gasteiger partial charge in [-0.2, -0.15) is 0 Å². The van der Waals surface area contributed by atoms with E-state index in [9.17, 15) is 4.39 Å². The van der Waals surface area contributed by atoms with Crippen LogP contribution in [0.15, 0.2) is 53.5 Å². The van der Waals surface area contributed by atoms with Crippen LogP contribution in [-0.2, 0) is 13.0 Å². The first-order chi connectivity index (χ1) is 13.6. The van der Waals surface area contributed by atoms with Gasteiger partial charge in [-0.3, -0.25) is 9.89 Å². The highest BCUT2D eigenvalue weighted by molar-refractivity contribution is 5.79. The molecule has 0 atom stereocenters. The number of halogens is 1. The summed E-state index contributed by atoms with van der Waals surface area (Å²) < 4.78 is 13.0. The molecule has 28 heavy (non-hydrogen) atoms. The standard InChI is InChI=1S/C23H31FN4/c1-18-3-5-19(6-4-18)11-14-26-23(25-2)27-22-12-15-28(16-13-22)17-20-7-9-21(24)10-8-20/h3-10,22H,11-17H2,1-2H3,(H2,25,26,27). The molecule has 2 aromatic carbocycles. The molecule has 2 aromatic rings. The van der Waals surface area contributed by atoms with Gasteiger partial charge in [0.1, 0.15) is 5.82 Å². The molecule has 0 amide bonds. The van der Waals surface area contributed by atoms with E-state index in [1.807, 2.05) is 19.2 Å². The van der Waals surface area contributed by atoms with Crippen molar-refractivity contribution in [3.8, 4) is 0 Å². The second-order valence-corrected chi connectivity index (χ2v) is 7.56. The van der Waals surface area contributed by atoms with Crippen LogP contribution in [0.1, 0.15) is 29.5 Å². The van der Waals surface area contributed by atoms with E-state index in [1.165, 1.54) is 28.8 Å². The minimum atomic E-state index is -0.173. The summed E-state index contributed by atoms with van der Waals surface area (Å²) in [4.78, 5) is 6.80. The number of likely N-dealkylation sites (tertiary alicyclic amines) is 1. The highest BCUT2D eigenvalue weighted by Gasteiger charge is 2.20. The lowest BCUT2D eigenvalue weighted by Gasteiger charge is -2.33. The fourth-order valence-corrected chi connectivity index (χ4v) is 3.55. The largest absolute Gasteiger partial charge is 0.356 e. The summed E-state index contributed by atoms with van der Waals surface area (Å²) in [6, 6.07) is 15.9. The first-order valence-electron chi connectivity index (χ1n) is 10.1. The Morgan fingerprint density at radius 1 is 1.04 bits per heavy atom. The summed E-state index contributed by atoms with van der Waals surface area (Å²) in [5.74, 6) is 0.706. The highest BCUT2D eigenvalue weighted by Crippen LogP contribution is 2.14. The Balaban J connectivity index is 1.37. The Labute approximate surface area is 167 Å². The normalized spacial score (nSPS) is 16.2. The van der Waals surface area contributed by atoms with Gasteiger partial charge < -0.3 is 10.6 Å². The monoisotopic (exact) mass is 382 g/mol. The zero-order valence-electron chi connectivity index (χ0n) is 16.9. The summed E-state index contributed by atoms with van der Waals surface area (Å²) in [6.07, 6.45) is 3.15. The topological polar surface area (TPSA) is 39.7 Å². The van der Waals surface area contributed by atoms with Gasteiger partial charge in [0.25, 0.3) is 0 Å². The van der Waals surface area contributed by atoms with Crippen LogP contribution in [-0.4, -0.2) is 43.6 Å². The van der Waals surface area contributed by atoms with Crippen LogP contribution >= 0.6 is 0 Å². The molecule has 0 saturated carbocycles. The summed E-state index contributed by atoms with van der Waals surface area (Å²) in [7, 11) is 1.82. The van der Waals surface area contributed by atoms with Crippen LogP contribution in [0.4, 0.5) is 4.39 Å². The fourth-order valence-electron chi connectivity index (χ4n) is 3.55. The highest BCUT2D eigenvalue weighted by atomic mass is 19.1. The molecule has 1 heterocycles. The molecule has 3 rings (SSSR count). The van der Waals surface area contributed by atoms with Crippen molar-refractivity contribution in [2.45, 2.75) is 38.8 Å². The number of nitrogens with zero attached hydrogens (tertiary/aromatic N) is 2. The molecule has 0 aliphatic carbocycles. The maximum absolute atomic E-state index is 13.0. The minimum absolute atomic E-state index is 0.173. The quantitative estimate of drug-likeness (QED) is 0.593. The van der Waals surface area contributed by atoms with Gasteiger partial charge in [0.15, 0.2) is 5.96 Å². The van der Waals surface area contributed by atoms with Crippen molar-refractivity contribution in [1.82, 2.24) is 15.5 Å². The number of benzene rings is 2. The zero-order chi connectivity index (χ0) is 19.8. The maximum Gasteiger partial charge on any atom is 0.191 e. The van der Waals surface area contributed by atoms with Gasteiger partial charge in [0, 0.05) is 39.3 Å². The van der Waals surface area contributed by atoms with Crippen molar-refractivity contribution in [3.63, 3.8) is 0 Å². The first-order valence-corrected chi connectivity index (χ1v) is 10.1. The third kappa shape index (κ3) is 6.34. The van der Waals surface area contributed by atoms with Crippen molar-refractivity contribution in [3.05, 3.63) is 71.0 Å². The van der Waals surface area contributed by atoms with Gasteiger partial charge in [0.05, 0.1) is 0 Å². The van der Waals surface area contributed by atoms with E-state index in [-0.39, 0.29) is 5.82 Å². The predicted octanol–water partition coefficient (Wildman–Crippen LogP) is 3.51. The van der Waals surface area contributed by atoms with Crippen molar-refractivity contribution in [2.24, 2.45) is 4.99 Å². The lowest BCUT2D eigenvalue weighted by Crippen LogP contribution is -2.48. The number of guanidine groups is 1. The van der Waals surface area contributed by atoms with E-state index in [4.69, 9.17) is 0 Å². The number of aryl methyl sites for hydroxylation is 1. The van der Waals surface area contributed by atoms with Crippen LogP contribution in [0.25, 0.3) is 0 Å². The van der Waals surface area contributed by atoms with E-state index in [1.54, 1.807) is 0 Å². The van der Waals surface area contributed by atoms with E-state index >= 15 is 0 Å². The van der Waals surface area contributed by atoms with Gasteiger partial charge in [-0.1, -0.05) is 42.0 Å². The summed E-state index contributed by atoms with van der Waals surface area (Å²) >= 11 is 0. The summed E-state index contributed by atoms with van der Waals surface area (Å²) in [5.41, 5.74) is 3.80. The number of hydrogen-bond acceptors (Lipinski definition) is 2. The Morgan fingerprint density at radius 2 is 1.68 bits per heavy atom. The van der Waals surface area contributed by atoms with Crippen molar-refractivity contribution in [2.75, 3.05) is 26.7 Å². The van der Waals surface area contributed by atoms with Crippen LogP contribution in [0.5, 0.6) is 0 Å². The van der Waals surface area contributed by atoms with Gasteiger partial charge in [-0.25, -0.2) is 4.39 Å². The van der Waals surface area contributed by atoms with Gasteiger partial charge in [-0.05, 0) is 49.4 Å². The van der Waals surface area contributed by atoms with Crippen LogP contribution in [0.2, 0.25) is 0 Å². The van der Waals surface area contributed by atoms with E-state index in [0.29, 0.717) is 6.04 Å². The van der Waals surface area contributed by atoms with E-state index in [2.05, 4.69) is 51.7 Å². The van der Waals surface area contributed by atoms with Crippen LogP contribution in [0, 0.1) is 12.7 Å². The number of hydrogen-bond donors (Lipinski definition) is 2. The third-order valence-corrected chi connectivity index (χ3v) is 5.30. The Kier molecular flexibility index (Phi) is 7.43. The molecule has 1 aliphatic rings. The molecule has 5 heteroatoms. The van der Waals surface area contributed by atoms with Crippen molar-refractivity contribution >= 4 is 5.96 Å². The van der Waals surface area contributed by atoms with Gasteiger partial charge >= 0.3 is 0 Å². The average molecular weight is 383 g/mol. The molecule has 150 valence electrons. The molecule has 1 aliphatic heterocycles. The molecule has 0 bridgehead atoms. The lowest BCUT2D eigenvalue weighted by atomic mass is 10.0. The molecule has 0 radical (unpaired) electrons. The summed E-state index contributed by atoms with van der Waals surface area (Å²) in [6.45, 7) is 5.94. The minimum Gasteiger partial charge on any atom is -0.356 e. The SMILES string of the molecule is CN=C(NCCc1ccc(C)cc1)NC1CCN(Cc2ccc(F)cc2)CC1. The first kappa shape index (κ1) is 20.3. The van der Waals surface area contributed by atoms with Gasteiger partial charge in [0.2, 0.25) is 0 Å². The van der Waals surface area contributed by atoms with Gasteiger partial charge in [-0.15, -0.1) is 0 Å². The molecule has 0 spiro atoms. The average Bonchev–Trinajstić information content (AvgIpc) is 2.72. The molecule has 1 fully saturated rings. The van der Waals surface area contributed by atoms with Crippen LogP contribution < -0.4 is 10.6 Å². The van der Waals surface area contributed by atoms with Crippen LogP contribution in [0.3, 0.4) is 0 Å². The third-order valence-electron chi connectivity index (χ3n) is 5.30. The maximum atomic E-state index is 13.0. The van der Waals surface area contributed by atoms with E-state index < -0.39 is 0 Å². The molecule has 0 unspecified atom stereocenters. The second-order valence-electron chi connectivity index (χ2n) is 7.56. The molecular formula is C23H31FN4. The fraction of sp³-hybridized carbons (Fsp3) is 0.435. The summed E-state index contributed by atoms with van der Waals surface area (Å²) in [5, 5.41) is 6.98. The van der Waals surface area contributed by atoms with E-state index in [0.717, 1.165) is 51.4 Å². The van der Waals surface area contributed by atoms with Crippen molar-refractivity contribution in [1.29, 1.82) is 0 Å². The number of aliphatic imine (C=N–C) groups is 1. The predicted molar refractivity (Wildman–Crippen MR) is 114 cm³/mol. The lowest BCUT2D eigenvalue weighted by molar-refractivity contribution is 0.198. The molecular weight excluding hydrogens is 351 g/mol.